The predicted molar refractivity (Wildman–Crippen MR) is 112 cm³/mol. The third-order valence-corrected chi connectivity index (χ3v) is 4.61. The van der Waals surface area contributed by atoms with Crippen LogP contribution in [0.3, 0.4) is 0 Å². The number of carbonyl (C=O) groups is 2. The second-order valence-corrected chi connectivity index (χ2v) is 6.74. The van der Waals surface area contributed by atoms with Gasteiger partial charge in [0.1, 0.15) is 0 Å². The highest BCUT2D eigenvalue weighted by atomic mass is 16.5. The molecule has 3 rings (SSSR count). The minimum atomic E-state index is -0.966. The Kier molecular flexibility index (Phi) is 5.97. The number of anilines is 3. The van der Waals surface area contributed by atoms with Gasteiger partial charge in [-0.1, -0.05) is 30.3 Å². The molecule has 0 saturated heterocycles. The zero-order chi connectivity index (χ0) is 21.0. The molecule has 0 bridgehead atoms. The van der Waals surface area contributed by atoms with Crippen molar-refractivity contribution in [2.45, 2.75) is 26.9 Å². The van der Waals surface area contributed by atoms with Gasteiger partial charge in [-0.05, 0) is 45.0 Å². The molecular formula is C22H24N4O3. The van der Waals surface area contributed by atoms with Crippen LogP contribution in [0.5, 0.6) is 0 Å². The average Bonchev–Trinajstić information content (AvgIpc) is 2.95. The SMILES string of the molecule is Cc1nn(C)c(C)c1NC(=O)[C@H](C)OC(=O)c1ccccc1Nc1ccccc1. The second-order valence-electron chi connectivity index (χ2n) is 6.74. The molecule has 7 heteroatoms. The van der Waals surface area contributed by atoms with Gasteiger partial charge < -0.3 is 15.4 Å². The van der Waals surface area contributed by atoms with E-state index in [0.717, 1.165) is 11.4 Å². The van der Waals surface area contributed by atoms with Crippen molar-refractivity contribution in [2.75, 3.05) is 10.6 Å². The van der Waals surface area contributed by atoms with Crippen molar-refractivity contribution >= 4 is 28.9 Å². The van der Waals surface area contributed by atoms with Crippen LogP contribution in [0.15, 0.2) is 54.6 Å². The van der Waals surface area contributed by atoms with E-state index in [1.165, 1.54) is 0 Å². The van der Waals surface area contributed by atoms with E-state index in [9.17, 15) is 9.59 Å². The summed E-state index contributed by atoms with van der Waals surface area (Å²) in [7, 11) is 1.80. The van der Waals surface area contributed by atoms with Gasteiger partial charge in [0.15, 0.2) is 6.10 Å². The smallest absolute Gasteiger partial charge is 0.341 e. The third kappa shape index (κ3) is 4.63. The van der Waals surface area contributed by atoms with Gasteiger partial charge in [-0.3, -0.25) is 9.48 Å². The fourth-order valence-corrected chi connectivity index (χ4v) is 2.90. The van der Waals surface area contributed by atoms with E-state index in [2.05, 4.69) is 15.7 Å². The maximum atomic E-state index is 12.7. The monoisotopic (exact) mass is 392 g/mol. The van der Waals surface area contributed by atoms with Gasteiger partial charge in [0.05, 0.1) is 28.3 Å². The summed E-state index contributed by atoms with van der Waals surface area (Å²) in [6.45, 7) is 5.21. The zero-order valence-corrected chi connectivity index (χ0v) is 16.9. The number of ether oxygens (including phenoxy) is 1. The molecule has 0 spiro atoms. The maximum absolute atomic E-state index is 12.7. The first-order valence-electron chi connectivity index (χ1n) is 9.30. The van der Waals surface area contributed by atoms with Crippen LogP contribution in [0.2, 0.25) is 0 Å². The van der Waals surface area contributed by atoms with Crippen molar-refractivity contribution in [2.24, 2.45) is 7.05 Å². The number of aromatic nitrogens is 2. The quantitative estimate of drug-likeness (QED) is 0.620. The van der Waals surface area contributed by atoms with Gasteiger partial charge in [0.25, 0.3) is 5.91 Å². The molecule has 0 unspecified atom stereocenters. The number of esters is 1. The Balaban J connectivity index is 1.70. The molecule has 29 heavy (non-hydrogen) atoms. The Labute approximate surface area is 169 Å². The summed E-state index contributed by atoms with van der Waals surface area (Å²) in [5.41, 5.74) is 3.97. The lowest BCUT2D eigenvalue weighted by Gasteiger charge is -2.16. The molecule has 0 saturated carbocycles. The van der Waals surface area contributed by atoms with Crippen molar-refractivity contribution in [3.8, 4) is 0 Å². The normalized spacial score (nSPS) is 11.6. The maximum Gasteiger partial charge on any atom is 0.341 e. The van der Waals surface area contributed by atoms with Crippen molar-refractivity contribution in [1.29, 1.82) is 0 Å². The van der Waals surface area contributed by atoms with Crippen LogP contribution in [0.25, 0.3) is 0 Å². The highest BCUT2D eigenvalue weighted by molar-refractivity contribution is 6.00. The highest BCUT2D eigenvalue weighted by Crippen LogP contribution is 2.23. The standard InChI is InChI=1S/C22H24N4O3/c1-14-20(15(2)26(4)25-14)24-21(27)16(3)29-22(28)18-12-8-9-13-19(18)23-17-10-6-5-7-11-17/h5-13,16,23H,1-4H3,(H,24,27)/t16-/m0/s1. The van der Waals surface area contributed by atoms with E-state index in [-0.39, 0.29) is 0 Å². The summed E-state index contributed by atoms with van der Waals surface area (Å²) < 4.78 is 7.10. The molecule has 2 N–H and O–H groups in total. The molecule has 1 atom stereocenters. The number of hydrogen-bond acceptors (Lipinski definition) is 5. The number of aryl methyl sites for hydroxylation is 2. The average molecular weight is 392 g/mol. The lowest BCUT2D eigenvalue weighted by Crippen LogP contribution is -2.30. The van der Waals surface area contributed by atoms with E-state index in [4.69, 9.17) is 4.74 Å². The highest BCUT2D eigenvalue weighted by Gasteiger charge is 2.23. The van der Waals surface area contributed by atoms with Crippen molar-refractivity contribution in [3.63, 3.8) is 0 Å². The first kappa shape index (κ1) is 20.1. The summed E-state index contributed by atoms with van der Waals surface area (Å²) in [4.78, 5) is 25.2. The largest absolute Gasteiger partial charge is 0.449 e. The van der Waals surface area contributed by atoms with E-state index >= 15 is 0 Å². The van der Waals surface area contributed by atoms with Gasteiger partial charge in [-0.2, -0.15) is 5.10 Å². The number of nitrogens with one attached hydrogen (secondary N) is 2. The molecule has 3 aromatic rings. The molecule has 7 nitrogen and oxygen atoms in total. The number of carbonyl (C=O) groups excluding carboxylic acids is 2. The Bertz CT molecular complexity index is 1030. The molecule has 150 valence electrons. The molecule has 0 fully saturated rings. The van der Waals surface area contributed by atoms with Crippen LogP contribution in [0.1, 0.15) is 28.7 Å². The molecule has 1 heterocycles. The van der Waals surface area contributed by atoms with E-state index < -0.39 is 18.0 Å². The Hall–Kier alpha value is -3.61. The van der Waals surface area contributed by atoms with Gasteiger partial charge in [0.2, 0.25) is 0 Å². The molecule has 0 radical (unpaired) electrons. The number of benzene rings is 2. The van der Waals surface area contributed by atoms with Crippen molar-refractivity contribution in [1.82, 2.24) is 9.78 Å². The molecule has 2 aromatic carbocycles. The summed E-state index contributed by atoms with van der Waals surface area (Å²) in [6.07, 6.45) is -0.966. The number of hydrogen-bond donors (Lipinski definition) is 2. The van der Waals surface area contributed by atoms with Gasteiger partial charge in [-0.15, -0.1) is 0 Å². The summed E-state index contributed by atoms with van der Waals surface area (Å²) in [5, 5.41) is 10.3. The van der Waals surface area contributed by atoms with Crippen molar-refractivity contribution < 1.29 is 14.3 Å². The summed E-state index contributed by atoms with van der Waals surface area (Å²) >= 11 is 0. The zero-order valence-electron chi connectivity index (χ0n) is 16.9. The molecule has 1 amide bonds. The minimum absolute atomic E-state index is 0.352. The fraction of sp³-hybridized carbons (Fsp3) is 0.227. The number of para-hydroxylation sites is 2. The predicted octanol–water partition coefficient (Wildman–Crippen LogP) is 3.96. The van der Waals surface area contributed by atoms with Crippen LogP contribution in [-0.2, 0) is 16.6 Å². The number of rotatable bonds is 6. The van der Waals surface area contributed by atoms with E-state index in [1.807, 2.05) is 50.2 Å². The van der Waals surface area contributed by atoms with Gasteiger partial charge >= 0.3 is 5.97 Å². The van der Waals surface area contributed by atoms with E-state index in [0.29, 0.717) is 22.6 Å². The fourth-order valence-electron chi connectivity index (χ4n) is 2.90. The summed E-state index contributed by atoms with van der Waals surface area (Å²) in [5.74, 6) is -0.989. The Morgan fingerprint density at radius 1 is 1.03 bits per heavy atom. The third-order valence-electron chi connectivity index (χ3n) is 4.61. The molecule has 1 aromatic heterocycles. The van der Waals surface area contributed by atoms with Crippen LogP contribution >= 0.6 is 0 Å². The van der Waals surface area contributed by atoms with Crippen LogP contribution in [0, 0.1) is 13.8 Å². The molecule has 0 aliphatic heterocycles. The number of amides is 1. The lowest BCUT2D eigenvalue weighted by molar-refractivity contribution is -0.123. The van der Waals surface area contributed by atoms with Crippen LogP contribution < -0.4 is 10.6 Å². The summed E-state index contributed by atoms with van der Waals surface area (Å²) in [6, 6.07) is 16.5. The Morgan fingerprint density at radius 3 is 2.34 bits per heavy atom. The number of nitrogens with zero attached hydrogens (tertiary/aromatic N) is 2. The van der Waals surface area contributed by atoms with Gasteiger partial charge in [-0.25, -0.2) is 4.79 Å². The molecular weight excluding hydrogens is 368 g/mol. The van der Waals surface area contributed by atoms with Crippen LogP contribution in [-0.4, -0.2) is 27.8 Å². The van der Waals surface area contributed by atoms with E-state index in [1.54, 1.807) is 36.9 Å². The topological polar surface area (TPSA) is 85.2 Å². The Morgan fingerprint density at radius 2 is 1.69 bits per heavy atom. The second kappa shape index (κ2) is 8.60. The van der Waals surface area contributed by atoms with Crippen molar-refractivity contribution in [3.05, 3.63) is 71.5 Å². The molecule has 0 aliphatic carbocycles. The lowest BCUT2D eigenvalue weighted by atomic mass is 10.1. The van der Waals surface area contributed by atoms with Crippen LogP contribution in [0.4, 0.5) is 17.1 Å². The minimum Gasteiger partial charge on any atom is -0.449 e. The first-order valence-corrected chi connectivity index (χ1v) is 9.30. The molecule has 0 aliphatic rings. The van der Waals surface area contributed by atoms with Gasteiger partial charge in [0, 0.05) is 12.7 Å². The first-order chi connectivity index (χ1) is 13.9.